The maximum absolute atomic E-state index is 12.7. The van der Waals surface area contributed by atoms with E-state index in [0.29, 0.717) is 17.2 Å². The summed E-state index contributed by atoms with van der Waals surface area (Å²) in [5, 5.41) is 22.2. The zero-order valence-corrected chi connectivity index (χ0v) is 16.0. The number of nitrogens with one attached hydrogen (secondary N) is 2. The van der Waals surface area contributed by atoms with Crippen molar-refractivity contribution in [2.45, 2.75) is 0 Å². The molecule has 1 amide bonds. The minimum atomic E-state index is -1.20. The van der Waals surface area contributed by atoms with Crippen LogP contribution in [0.5, 0.6) is 17.2 Å². The van der Waals surface area contributed by atoms with Crippen molar-refractivity contribution in [1.82, 2.24) is 4.98 Å². The molecule has 0 aliphatic rings. The van der Waals surface area contributed by atoms with Gasteiger partial charge < -0.3 is 25.3 Å². The van der Waals surface area contributed by atoms with Crippen molar-refractivity contribution >= 4 is 28.5 Å². The van der Waals surface area contributed by atoms with Crippen molar-refractivity contribution in [3.05, 3.63) is 94.3 Å². The van der Waals surface area contributed by atoms with Gasteiger partial charge in [-0.15, -0.1) is 0 Å². The molecule has 8 heteroatoms. The summed E-state index contributed by atoms with van der Waals surface area (Å²) in [6, 6.07) is 19.5. The molecule has 154 valence electrons. The SMILES string of the molecule is O=C(O)c1ccc2[nH]c(=O)c(C(=O)Nc3ccc(Oc4ccccc4)cc3)c(O)c2c1. The fourth-order valence-corrected chi connectivity index (χ4v) is 3.04. The van der Waals surface area contributed by atoms with Gasteiger partial charge in [-0.2, -0.15) is 0 Å². The van der Waals surface area contributed by atoms with E-state index in [1.54, 1.807) is 36.4 Å². The summed E-state index contributed by atoms with van der Waals surface area (Å²) in [6.07, 6.45) is 0. The number of carbonyl (C=O) groups is 2. The Morgan fingerprint density at radius 3 is 2.26 bits per heavy atom. The zero-order chi connectivity index (χ0) is 22.0. The molecule has 0 unspecified atom stereocenters. The molecular formula is C23H16N2O6. The third-order valence-electron chi connectivity index (χ3n) is 4.55. The van der Waals surface area contributed by atoms with Crippen molar-refractivity contribution in [2.75, 3.05) is 5.32 Å². The standard InChI is InChI=1S/C23H16N2O6/c26-20-17-12-13(23(29)30)6-11-18(17)25-22(28)19(20)21(27)24-14-7-9-16(10-8-14)31-15-4-2-1-3-5-15/h1-12H,(H,24,27)(H,29,30)(H2,25,26,28). The average molecular weight is 416 g/mol. The van der Waals surface area contributed by atoms with Gasteiger partial charge in [-0.3, -0.25) is 9.59 Å². The summed E-state index contributed by atoms with van der Waals surface area (Å²) in [4.78, 5) is 38.7. The molecule has 8 nitrogen and oxygen atoms in total. The Labute approximate surface area is 175 Å². The van der Waals surface area contributed by atoms with Gasteiger partial charge in [-0.05, 0) is 54.6 Å². The zero-order valence-electron chi connectivity index (χ0n) is 16.0. The van der Waals surface area contributed by atoms with Crippen molar-refractivity contribution in [3.63, 3.8) is 0 Å². The van der Waals surface area contributed by atoms with Gasteiger partial charge in [-0.1, -0.05) is 18.2 Å². The van der Waals surface area contributed by atoms with Gasteiger partial charge in [0.2, 0.25) is 0 Å². The topological polar surface area (TPSA) is 129 Å². The molecule has 4 N–H and O–H groups in total. The predicted molar refractivity (Wildman–Crippen MR) is 114 cm³/mol. The van der Waals surface area contributed by atoms with Crippen LogP contribution in [0.4, 0.5) is 5.69 Å². The lowest BCUT2D eigenvalue weighted by molar-refractivity contribution is 0.0697. The Morgan fingerprint density at radius 2 is 1.58 bits per heavy atom. The van der Waals surface area contributed by atoms with Gasteiger partial charge >= 0.3 is 5.97 Å². The van der Waals surface area contributed by atoms with E-state index < -0.39 is 28.7 Å². The predicted octanol–water partition coefficient (Wildman–Crippen LogP) is 3.98. The van der Waals surface area contributed by atoms with Gasteiger partial charge in [0.25, 0.3) is 11.5 Å². The molecule has 0 atom stereocenters. The smallest absolute Gasteiger partial charge is 0.335 e. The first-order chi connectivity index (χ1) is 14.9. The quantitative estimate of drug-likeness (QED) is 0.390. The third-order valence-corrected chi connectivity index (χ3v) is 4.55. The van der Waals surface area contributed by atoms with Crippen LogP contribution in [0.15, 0.2) is 77.6 Å². The highest BCUT2D eigenvalue weighted by Gasteiger charge is 2.20. The minimum absolute atomic E-state index is 0.0521. The first kappa shape index (κ1) is 19.7. The molecule has 31 heavy (non-hydrogen) atoms. The number of aromatic amines is 1. The van der Waals surface area contributed by atoms with Crippen molar-refractivity contribution in [3.8, 4) is 17.2 Å². The second-order valence-corrected chi connectivity index (χ2v) is 6.64. The number of ether oxygens (including phenoxy) is 1. The van der Waals surface area contributed by atoms with E-state index in [1.807, 2.05) is 18.2 Å². The van der Waals surface area contributed by atoms with Crippen LogP contribution in [0, 0.1) is 0 Å². The second kappa shape index (κ2) is 8.03. The number of amides is 1. The highest BCUT2D eigenvalue weighted by molar-refractivity contribution is 6.09. The molecule has 3 aromatic carbocycles. The van der Waals surface area contributed by atoms with Crippen LogP contribution >= 0.6 is 0 Å². The third kappa shape index (κ3) is 4.08. The van der Waals surface area contributed by atoms with Gasteiger partial charge in [0, 0.05) is 11.1 Å². The van der Waals surface area contributed by atoms with E-state index in [2.05, 4.69) is 10.3 Å². The van der Waals surface area contributed by atoms with Crippen LogP contribution in [0.2, 0.25) is 0 Å². The maximum atomic E-state index is 12.7. The summed E-state index contributed by atoms with van der Waals surface area (Å²) in [6.45, 7) is 0. The Morgan fingerprint density at radius 1 is 0.903 bits per heavy atom. The van der Waals surface area contributed by atoms with E-state index in [0.717, 1.165) is 0 Å². The molecule has 0 aliphatic carbocycles. The summed E-state index contributed by atoms with van der Waals surface area (Å²) < 4.78 is 5.68. The van der Waals surface area contributed by atoms with Gasteiger partial charge in [-0.25, -0.2) is 4.79 Å². The van der Waals surface area contributed by atoms with Gasteiger partial charge in [0.15, 0.2) is 0 Å². The number of rotatable bonds is 5. The van der Waals surface area contributed by atoms with Crippen molar-refractivity contribution < 1.29 is 24.5 Å². The van der Waals surface area contributed by atoms with Crippen LogP contribution in [-0.2, 0) is 0 Å². The summed E-state index contributed by atoms with van der Waals surface area (Å²) >= 11 is 0. The molecule has 0 saturated heterocycles. The largest absolute Gasteiger partial charge is 0.506 e. The van der Waals surface area contributed by atoms with E-state index in [4.69, 9.17) is 9.84 Å². The molecule has 0 radical (unpaired) electrons. The minimum Gasteiger partial charge on any atom is -0.506 e. The number of pyridine rings is 1. The van der Waals surface area contributed by atoms with E-state index in [1.165, 1.54) is 18.2 Å². The molecule has 0 spiro atoms. The van der Waals surface area contributed by atoms with Crippen LogP contribution in [0.3, 0.4) is 0 Å². The summed E-state index contributed by atoms with van der Waals surface area (Å²) in [7, 11) is 0. The number of carboxylic acids is 1. The first-order valence-corrected chi connectivity index (χ1v) is 9.19. The number of benzene rings is 3. The Balaban J connectivity index is 1.59. The van der Waals surface area contributed by atoms with E-state index in [9.17, 15) is 19.5 Å². The Kier molecular flexibility index (Phi) is 5.11. The number of hydrogen-bond donors (Lipinski definition) is 4. The second-order valence-electron chi connectivity index (χ2n) is 6.64. The number of carbonyl (C=O) groups excluding carboxylic acids is 1. The molecular weight excluding hydrogens is 400 g/mol. The number of carboxylic acid groups (broad SMARTS) is 1. The van der Waals surface area contributed by atoms with Crippen LogP contribution < -0.4 is 15.6 Å². The number of hydrogen-bond acceptors (Lipinski definition) is 5. The molecule has 0 bridgehead atoms. The van der Waals surface area contributed by atoms with Gasteiger partial charge in [0.1, 0.15) is 22.8 Å². The van der Waals surface area contributed by atoms with Gasteiger partial charge in [0.05, 0.1) is 11.1 Å². The molecule has 0 fully saturated rings. The lowest BCUT2D eigenvalue weighted by atomic mass is 10.1. The number of aromatic hydroxyl groups is 1. The fourth-order valence-electron chi connectivity index (χ4n) is 3.04. The lowest BCUT2D eigenvalue weighted by Crippen LogP contribution is -2.23. The van der Waals surface area contributed by atoms with Crippen molar-refractivity contribution in [1.29, 1.82) is 0 Å². The molecule has 4 rings (SSSR count). The van der Waals surface area contributed by atoms with Crippen molar-refractivity contribution in [2.24, 2.45) is 0 Å². The molecule has 1 aromatic heterocycles. The summed E-state index contributed by atoms with van der Waals surface area (Å²) in [5.74, 6) is -1.41. The highest BCUT2D eigenvalue weighted by Crippen LogP contribution is 2.27. The van der Waals surface area contributed by atoms with Crippen LogP contribution in [-0.4, -0.2) is 27.1 Å². The Hall–Kier alpha value is -4.59. The first-order valence-electron chi connectivity index (χ1n) is 9.19. The maximum Gasteiger partial charge on any atom is 0.335 e. The highest BCUT2D eigenvalue weighted by atomic mass is 16.5. The summed E-state index contributed by atoms with van der Waals surface area (Å²) in [5.41, 5.74) is -0.806. The normalized spacial score (nSPS) is 10.6. The Bertz CT molecular complexity index is 1340. The molecule has 4 aromatic rings. The molecule has 0 aliphatic heterocycles. The number of aromatic nitrogens is 1. The average Bonchev–Trinajstić information content (AvgIpc) is 2.75. The molecule has 1 heterocycles. The lowest BCUT2D eigenvalue weighted by Gasteiger charge is -2.10. The molecule has 0 saturated carbocycles. The number of anilines is 1. The number of fused-ring (bicyclic) bond motifs is 1. The van der Waals surface area contributed by atoms with Crippen LogP contribution in [0.25, 0.3) is 10.9 Å². The number of aromatic carboxylic acids is 1. The monoisotopic (exact) mass is 416 g/mol. The number of H-pyrrole nitrogens is 1. The van der Waals surface area contributed by atoms with E-state index >= 15 is 0 Å². The fraction of sp³-hybridized carbons (Fsp3) is 0. The van der Waals surface area contributed by atoms with E-state index in [-0.39, 0.29) is 16.5 Å². The number of para-hydroxylation sites is 1. The van der Waals surface area contributed by atoms with Crippen LogP contribution in [0.1, 0.15) is 20.7 Å².